The van der Waals surface area contributed by atoms with Gasteiger partial charge in [-0.1, -0.05) is 18.2 Å². The van der Waals surface area contributed by atoms with Crippen molar-refractivity contribution in [2.24, 2.45) is 0 Å². The maximum atomic E-state index is 11.2. The molecule has 0 saturated heterocycles. The molecule has 0 atom stereocenters. The highest BCUT2D eigenvalue weighted by Crippen LogP contribution is 2.21. The van der Waals surface area contributed by atoms with Gasteiger partial charge in [-0.25, -0.2) is 4.79 Å². The molecule has 0 unspecified atom stereocenters. The van der Waals surface area contributed by atoms with E-state index in [-0.39, 0.29) is 11.3 Å². The Balaban J connectivity index is 2.41. The lowest BCUT2D eigenvalue weighted by Gasteiger charge is -2.06. The number of carboxylic acids is 1. The molecular formula is C14H10INO4. The van der Waals surface area contributed by atoms with Gasteiger partial charge in [-0.05, 0) is 52.3 Å². The Morgan fingerprint density at radius 1 is 1.25 bits per heavy atom. The van der Waals surface area contributed by atoms with E-state index in [1.54, 1.807) is 0 Å². The smallest absolute Gasteiger partial charge is 0.336 e. The summed E-state index contributed by atoms with van der Waals surface area (Å²) in [5.74, 6) is -1.16. The van der Waals surface area contributed by atoms with E-state index < -0.39 is 10.9 Å². The van der Waals surface area contributed by atoms with Gasteiger partial charge < -0.3 is 5.11 Å². The summed E-state index contributed by atoms with van der Waals surface area (Å²) in [7, 11) is 0. The molecule has 0 saturated carbocycles. The van der Waals surface area contributed by atoms with Crippen LogP contribution in [0, 0.1) is 13.7 Å². The van der Waals surface area contributed by atoms with Crippen molar-refractivity contribution in [3.8, 4) is 0 Å². The van der Waals surface area contributed by atoms with Crippen LogP contribution >= 0.6 is 22.6 Å². The van der Waals surface area contributed by atoms with Crippen molar-refractivity contribution in [1.82, 2.24) is 0 Å². The summed E-state index contributed by atoms with van der Waals surface area (Å²) >= 11 is 2.18. The molecule has 0 aliphatic heterocycles. The van der Waals surface area contributed by atoms with Crippen LogP contribution in [0.1, 0.15) is 21.5 Å². The van der Waals surface area contributed by atoms with Gasteiger partial charge in [-0.3, -0.25) is 10.1 Å². The van der Waals surface area contributed by atoms with Gasteiger partial charge in [0.15, 0.2) is 0 Å². The number of carbonyl (C=O) groups is 1. The number of aromatic carboxylic acids is 1. The molecular weight excluding hydrogens is 373 g/mol. The summed E-state index contributed by atoms with van der Waals surface area (Å²) in [5, 5.41) is 19.9. The molecule has 0 aliphatic rings. The lowest BCUT2D eigenvalue weighted by atomic mass is 9.99. The number of nitrogens with zero attached hydrogens (tertiary/aromatic N) is 1. The molecule has 6 heteroatoms. The first-order chi connectivity index (χ1) is 9.47. The van der Waals surface area contributed by atoms with Crippen LogP contribution in [0.2, 0.25) is 0 Å². The second kappa shape index (κ2) is 6.00. The van der Waals surface area contributed by atoms with Gasteiger partial charge in [0.2, 0.25) is 0 Å². The maximum absolute atomic E-state index is 11.2. The van der Waals surface area contributed by atoms with Gasteiger partial charge in [0.05, 0.1) is 10.5 Å². The van der Waals surface area contributed by atoms with Crippen molar-refractivity contribution in [1.29, 1.82) is 0 Å². The van der Waals surface area contributed by atoms with Crippen molar-refractivity contribution in [2.75, 3.05) is 0 Å². The standard InChI is InChI=1S/C14H10INO4/c15-11-3-1-2-9(7-11)6-10-4-5-12(16(19)20)8-13(10)14(17)18/h1-5,7-8H,6H2,(H,17,18). The summed E-state index contributed by atoms with van der Waals surface area (Å²) in [4.78, 5) is 21.3. The average Bonchev–Trinajstić information content (AvgIpc) is 2.38. The Labute approximate surface area is 128 Å². The van der Waals surface area contributed by atoms with Crippen molar-refractivity contribution in [3.63, 3.8) is 0 Å². The molecule has 0 fully saturated rings. The van der Waals surface area contributed by atoms with Crippen LogP contribution < -0.4 is 0 Å². The van der Waals surface area contributed by atoms with Gasteiger partial charge in [0.1, 0.15) is 0 Å². The van der Waals surface area contributed by atoms with Crippen molar-refractivity contribution < 1.29 is 14.8 Å². The summed E-state index contributed by atoms with van der Waals surface area (Å²) in [6, 6.07) is 11.6. The topological polar surface area (TPSA) is 80.4 Å². The third-order valence-corrected chi connectivity index (χ3v) is 3.49. The van der Waals surface area contributed by atoms with Gasteiger partial charge in [0.25, 0.3) is 5.69 Å². The molecule has 2 aromatic carbocycles. The number of rotatable bonds is 4. The van der Waals surface area contributed by atoms with Gasteiger partial charge in [-0.2, -0.15) is 0 Å². The number of non-ortho nitro benzene ring substituents is 1. The van der Waals surface area contributed by atoms with Crippen molar-refractivity contribution in [2.45, 2.75) is 6.42 Å². The lowest BCUT2D eigenvalue weighted by molar-refractivity contribution is -0.384. The van der Waals surface area contributed by atoms with Gasteiger partial charge in [-0.15, -0.1) is 0 Å². The van der Waals surface area contributed by atoms with E-state index in [0.717, 1.165) is 15.2 Å². The third-order valence-electron chi connectivity index (χ3n) is 2.82. The minimum absolute atomic E-state index is 0.0296. The first-order valence-electron chi connectivity index (χ1n) is 5.72. The highest BCUT2D eigenvalue weighted by atomic mass is 127. The molecule has 0 bridgehead atoms. The van der Waals surface area contributed by atoms with E-state index in [1.165, 1.54) is 12.1 Å². The van der Waals surface area contributed by atoms with E-state index in [2.05, 4.69) is 22.6 Å². The summed E-state index contributed by atoms with van der Waals surface area (Å²) < 4.78 is 1.05. The quantitative estimate of drug-likeness (QED) is 0.498. The van der Waals surface area contributed by atoms with Gasteiger partial charge in [0, 0.05) is 15.7 Å². The second-order valence-corrected chi connectivity index (χ2v) is 5.46. The SMILES string of the molecule is O=C(O)c1cc([N+](=O)[O-])ccc1Cc1cccc(I)c1. The number of nitro groups is 1. The zero-order valence-corrected chi connectivity index (χ0v) is 12.4. The number of hydrogen-bond donors (Lipinski definition) is 1. The second-order valence-electron chi connectivity index (χ2n) is 4.21. The molecule has 2 rings (SSSR count). The van der Waals surface area contributed by atoms with Crippen LogP contribution in [0.3, 0.4) is 0 Å². The largest absolute Gasteiger partial charge is 0.478 e. The molecule has 0 spiro atoms. The molecule has 5 nitrogen and oxygen atoms in total. The first kappa shape index (κ1) is 14.4. The van der Waals surface area contributed by atoms with Crippen molar-refractivity contribution in [3.05, 3.63) is 72.8 Å². The number of carboxylic acid groups (broad SMARTS) is 1. The fourth-order valence-corrected chi connectivity index (χ4v) is 2.51. The Hall–Kier alpha value is -1.96. The zero-order valence-electron chi connectivity index (χ0n) is 10.2. The summed E-state index contributed by atoms with van der Waals surface area (Å²) in [6.45, 7) is 0. The predicted molar refractivity (Wildman–Crippen MR) is 82.0 cm³/mol. The zero-order chi connectivity index (χ0) is 14.7. The molecule has 2 aromatic rings. The van der Waals surface area contributed by atoms with E-state index in [1.807, 2.05) is 24.3 Å². The summed E-state index contributed by atoms with van der Waals surface area (Å²) in [6.07, 6.45) is 0.427. The van der Waals surface area contributed by atoms with Gasteiger partial charge >= 0.3 is 5.97 Å². The molecule has 1 N–H and O–H groups in total. The fourth-order valence-electron chi connectivity index (χ4n) is 1.90. The number of nitro benzene ring substituents is 1. The molecule has 0 aliphatic carbocycles. The van der Waals surface area contributed by atoms with Crippen LogP contribution in [0.5, 0.6) is 0 Å². The molecule has 102 valence electrons. The highest BCUT2D eigenvalue weighted by molar-refractivity contribution is 14.1. The molecule has 20 heavy (non-hydrogen) atoms. The van der Waals surface area contributed by atoms with Crippen LogP contribution in [0.25, 0.3) is 0 Å². The highest BCUT2D eigenvalue weighted by Gasteiger charge is 2.16. The Morgan fingerprint density at radius 2 is 2.00 bits per heavy atom. The van der Waals surface area contributed by atoms with E-state index in [0.29, 0.717) is 12.0 Å². The minimum atomic E-state index is -1.16. The van der Waals surface area contributed by atoms with Crippen molar-refractivity contribution >= 4 is 34.2 Å². The third kappa shape index (κ3) is 3.32. The van der Waals surface area contributed by atoms with E-state index in [4.69, 9.17) is 0 Å². The van der Waals surface area contributed by atoms with E-state index in [9.17, 15) is 20.0 Å². The minimum Gasteiger partial charge on any atom is -0.478 e. The number of benzene rings is 2. The molecule has 0 heterocycles. The first-order valence-corrected chi connectivity index (χ1v) is 6.80. The fraction of sp³-hybridized carbons (Fsp3) is 0.0714. The van der Waals surface area contributed by atoms with Crippen LogP contribution in [-0.4, -0.2) is 16.0 Å². The van der Waals surface area contributed by atoms with Crippen LogP contribution in [-0.2, 0) is 6.42 Å². The monoisotopic (exact) mass is 383 g/mol. The molecule has 0 aromatic heterocycles. The Morgan fingerprint density at radius 3 is 2.60 bits per heavy atom. The Bertz CT molecular complexity index is 685. The molecule has 0 radical (unpaired) electrons. The Kier molecular flexibility index (Phi) is 4.33. The van der Waals surface area contributed by atoms with Crippen LogP contribution in [0.4, 0.5) is 5.69 Å². The lowest BCUT2D eigenvalue weighted by Crippen LogP contribution is -2.04. The number of halogens is 1. The predicted octanol–water partition coefficient (Wildman–Crippen LogP) is 3.49. The van der Waals surface area contributed by atoms with Crippen LogP contribution in [0.15, 0.2) is 42.5 Å². The maximum Gasteiger partial charge on any atom is 0.336 e. The number of hydrogen-bond acceptors (Lipinski definition) is 3. The average molecular weight is 383 g/mol. The van der Waals surface area contributed by atoms with E-state index >= 15 is 0 Å². The molecule has 0 amide bonds. The normalized spacial score (nSPS) is 10.2. The summed E-state index contributed by atoms with van der Waals surface area (Å²) in [5.41, 5.74) is 1.28.